The van der Waals surface area contributed by atoms with E-state index in [1.165, 1.54) is 5.56 Å². The number of rotatable bonds is 4. The molecule has 22 heavy (non-hydrogen) atoms. The van der Waals surface area contributed by atoms with Gasteiger partial charge in [0.15, 0.2) is 5.11 Å². The Bertz CT molecular complexity index is 565. The smallest absolute Gasteiger partial charge is 0.169 e. The monoisotopic (exact) mass is 315 g/mol. The normalized spacial score (nSPS) is 15.2. The van der Waals surface area contributed by atoms with E-state index in [9.17, 15) is 0 Å². The molecular weight excluding hydrogens is 292 g/mol. The summed E-state index contributed by atoms with van der Waals surface area (Å²) in [5.74, 6) is 0. The van der Waals surface area contributed by atoms with Crippen LogP contribution in [0.15, 0.2) is 36.4 Å². The average molecular weight is 315 g/mol. The molecule has 0 aliphatic carbocycles. The van der Waals surface area contributed by atoms with Gasteiger partial charge in [-0.1, -0.05) is 24.3 Å². The van der Waals surface area contributed by atoms with Gasteiger partial charge >= 0.3 is 0 Å². The van der Waals surface area contributed by atoms with Crippen molar-refractivity contribution in [1.82, 2.24) is 10.2 Å². The maximum atomic E-state index is 8.82. The Balaban J connectivity index is 1.78. The van der Waals surface area contributed by atoms with Crippen LogP contribution in [0.5, 0.6) is 0 Å². The van der Waals surface area contributed by atoms with Gasteiger partial charge in [0, 0.05) is 12.1 Å². The van der Waals surface area contributed by atoms with E-state index in [2.05, 4.69) is 35.0 Å². The molecule has 2 rings (SSSR count). The zero-order chi connectivity index (χ0) is 15.9. The first kappa shape index (κ1) is 16.5. The first-order valence-electron chi connectivity index (χ1n) is 7.58. The number of quaternary nitrogens is 1. The van der Waals surface area contributed by atoms with Gasteiger partial charge in [-0.2, -0.15) is 5.26 Å². The van der Waals surface area contributed by atoms with Crippen LogP contribution in [0, 0.1) is 11.3 Å². The number of thiocarbonyl (C=S) groups is 1. The van der Waals surface area contributed by atoms with Crippen LogP contribution in [0.4, 0.5) is 0 Å². The molecule has 0 spiro atoms. The third-order valence-electron chi connectivity index (χ3n) is 3.84. The summed E-state index contributed by atoms with van der Waals surface area (Å²) in [6.45, 7) is 11.7. The van der Waals surface area contributed by atoms with Gasteiger partial charge in [0.2, 0.25) is 0 Å². The van der Waals surface area contributed by atoms with Crippen molar-refractivity contribution in [3.05, 3.63) is 47.5 Å². The molecule has 1 aromatic carbocycles. The second-order valence-corrected chi connectivity index (χ2v) is 6.23. The van der Waals surface area contributed by atoms with Gasteiger partial charge in [-0.3, -0.25) is 0 Å². The molecule has 0 radical (unpaired) electrons. The molecule has 1 aromatic rings. The summed E-state index contributed by atoms with van der Waals surface area (Å²) in [6, 6.07) is 10.0. The van der Waals surface area contributed by atoms with Crippen molar-refractivity contribution in [2.45, 2.75) is 13.5 Å². The lowest BCUT2D eigenvalue weighted by Gasteiger charge is -2.34. The third kappa shape index (κ3) is 4.83. The molecule has 4 nitrogen and oxygen atoms in total. The SMILES string of the molecule is C=C(C)CNC(=S)N1CC[NH+](Cc2ccc(C#N)cc2)CC1. The number of piperazine rings is 1. The molecule has 116 valence electrons. The van der Waals surface area contributed by atoms with E-state index in [1.807, 2.05) is 19.1 Å². The maximum absolute atomic E-state index is 8.82. The predicted molar refractivity (Wildman–Crippen MR) is 92.5 cm³/mol. The molecule has 0 saturated carbocycles. The van der Waals surface area contributed by atoms with E-state index in [0.717, 1.165) is 55.5 Å². The lowest BCUT2D eigenvalue weighted by atomic mass is 10.1. The fourth-order valence-corrected chi connectivity index (χ4v) is 2.78. The number of hydrogen-bond acceptors (Lipinski definition) is 2. The van der Waals surface area contributed by atoms with Crippen LogP contribution < -0.4 is 10.2 Å². The van der Waals surface area contributed by atoms with Crippen molar-refractivity contribution in [2.75, 3.05) is 32.7 Å². The second kappa shape index (κ2) is 7.92. The quantitative estimate of drug-likeness (QED) is 0.634. The predicted octanol–water partition coefficient (Wildman–Crippen LogP) is 0.709. The molecule has 0 unspecified atom stereocenters. The van der Waals surface area contributed by atoms with Crippen molar-refractivity contribution in [1.29, 1.82) is 5.26 Å². The van der Waals surface area contributed by atoms with Gasteiger partial charge in [0.1, 0.15) is 6.54 Å². The first-order chi connectivity index (χ1) is 10.6. The topological polar surface area (TPSA) is 43.5 Å². The molecular formula is C17H23N4S+. The van der Waals surface area contributed by atoms with E-state index in [1.54, 1.807) is 4.90 Å². The van der Waals surface area contributed by atoms with Crippen molar-refractivity contribution >= 4 is 17.3 Å². The molecule has 2 N–H and O–H groups in total. The number of hydrogen-bond donors (Lipinski definition) is 2. The van der Waals surface area contributed by atoms with E-state index in [4.69, 9.17) is 17.5 Å². The van der Waals surface area contributed by atoms with Crippen LogP contribution in [0.25, 0.3) is 0 Å². The molecule has 0 bridgehead atoms. The standard InChI is InChI=1S/C17H22N4S/c1-14(2)12-19-17(22)21-9-7-20(8-10-21)13-16-5-3-15(11-18)4-6-16/h3-6H,1,7-10,12-13H2,2H3,(H,19,22)/p+1. The Labute approximate surface area is 138 Å². The zero-order valence-corrected chi connectivity index (χ0v) is 13.9. The highest BCUT2D eigenvalue weighted by Gasteiger charge is 2.21. The lowest BCUT2D eigenvalue weighted by Crippen LogP contribution is -3.13. The van der Waals surface area contributed by atoms with E-state index < -0.39 is 0 Å². The molecule has 1 fully saturated rings. The van der Waals surface area contributed by atoms with E-state index in [-0.39, 0.29) is 0 Å². The third-order valence-corrected chi connectivity index (χ3v) is 4.24. The van der Waals surface area contributed by atoms with Crippen LogP contribution in [0.3, 0.4) is 0 Å². The summed E-state index contributed by atoms with van der Waals surface area (Å²) in [5.41, 5.74) is 3.09. The first-order valence-corrected chi connectivity index (χ1v) is 7.99. The highest BCUT2D eigenvalue weighted by atomic mass is 32.1. The number of nitriles is 1. The number of nitrogens with one attached hydrogen (secondary N) is 2. The van der Waals surface area contributed by atoms with Crippen molar-refractivity contribution in [2.24, 2.45) is 0 Å². The van der Waals surface area contributed by atoms with Crippen LogP contribution in [0.1, 0.15) is 18.1 Å². The van der Waals surface area contributed by atoms with Gasteiger partial charge in [0.05, 0.1) is 37.8 Å². The summed E-state index contributed by atoms with van der Waals surface area (Å²) in [5, 5.41) is 12.9. The van der Waals surface area contributed by atoms with Gasteiger partial charge in [-0.15, -0.1) is 0 Å². The zero-order valence-electron chi connectivity index (χ0n) is 13.1. The summed E-state index contributed by atoms with van der Waals surface area (Å²) < 4.78 is 0. The largest absolute Gasteiger partial charge is 0.359 e. The number of benzene rings is 1. The molecule has 5 heteroatoms. The molecule has 0 aromatic heterocycles. The fraction of sp³-hybridized carbons (Fsp3) is 0.412. The molecule has 0 atom stereocenters. The molecule has 1 aliphatic rings. The van der Waals surface area contributed by atoms with Gasteiger partial charge < -0.3 is 15.1 Å². The summed E-state index contributed by atoms with van der Waals surface area (Å²) in [7, 11) is 0. The van der Waals surface area contributed by atoms with Gasteiger partial charge in [-0.25, -0.2) is 0 Å². The molecule has 1 saturated heterocycles. The Kier molecular flexibility index (Phi) is 5.93. The van der Waals surface area contributed by atoms with Crippen LogP contribution in [-0.2, 0) is 6.54 Å². The van der Waals surface area contributed by atoms with Crippen LogP contribution in [-0.4, -0.2) is 42.7 Å². The Morgan fingerprint density at radius 1 is 1.36 bits per heavy atom. The minimum atomic E-state index is 0.720. The summed E-state index contributed by atoms with van der Waals surface area (Å²) in [6.07, 6.45) is 0. The Morgan fingerprint density at radius 3 is 2.55 bits per heavy atom. The van der Waals surface area contributed by atoms with Crippen molar-refractivity contribution in [3.63, 3.8) is 0 Å². The van der Waals surface area contributed by atoms with Gasteiger partial charge in [0.25, 0.3) is 0 Å². The van der Waals surface area contributed by atoms with Crippen LogP contribution in [0.2, 0.25) is 0 Å². The summed E-state index contributed by atoms with van der Waals surface area (Å²) in [4.78, 5) is 3.80. The van der Waals surface area contributed by atoms with Gasteiger partial charge in [-0.05, 0) is 31.3 Å². The lowest BCUT2D eigenvalue weighted by molar-refractivity contribution is -0.917. The Hall–Kier alpha value is -1.90. The minimum absolute atomic E-state index is 0.720. The van der Waals surface area contributed by atoms with E-state index >= 15 is 0 Å². The molecule has 0 amide bonds. The molecule has 1 aliphatic heterocycles. The second-order valence-electron chi connectivity index (χ2n) is 5.84. The number of nitrogens with zero attached hydrogens (tertiary/aromatic N) is 2. The summed E-state index contributed by atoms with van der Waals surface area (Å²) >= 11 is 5.42. The molecule has 1 heterocycles. The van der Waals surface area contributed by atoms with Crippen molar-refractivity contribution < 1.29 is 4.90 Å². The van der Waals surface area contributed by atoms with E-state index in [0.29, 0.717) is 0 Å². The average Bonchev–Trinajstić information content (AvgIpc) is 2.54. The van der Waals surface area contributed by atoms with Crippen molar-refractivity contribution in [3.8, 4) is 6.07 Å². The highest BCUT2D eigenvalue weighted by Crippen LogP contribution is 2.02. The fourth-order valence-electron chi connectivity index (χ4n) is 2.53. The Morgan fingerprint density at radius 2 is 2.00 bits per heavy atom. The maximum Gasteiger partial charge on any atom is 0.169 e. The highest BCUT2D eigenvalue weighted by molar-refractivity contribution is 7.80. The minimum Gasteiger partial charge on any atom is -0.359 e. The van der Waals surface area contributed by atoms with Crippen LogP contribution >= 0.6 is 12.2 Å².